The van der Waals surface area contributed by atoms with E-state index >= 15 is 0 Å². The van der Waals surface area contributed by atoms with E-state index in [4.69, 9.17) is 4.74 Å². The van der Waals surface area contributed by atoms with Gasteiger partial charge in [-0.05, 0) is 36.2 Å². The van der Waals surface area contributed by atoms with Gasteiger partial charge in [0.25, 0.3) is 0 Å². The van der Waals surface area contributed by atoms with Crippen molar-refractivity contribution in [1.29, 1.82) is 0 Å². The van der Waals surface area contributed by atoms with Gasteiger partial charge in [0.2, 0.25) is 5.91 Å². The van der Waals surface area contributed by atoms with Crippen LogP contribution in [0.2, 0.25) is 0 Å². The molecule has 1 aromatic heterocycles. The van der Waals surface area contributed by atoms with Gasteiger partial charge < -0.3 is 15.0 Å². The lowest BCUT2D eigenvalue weighted by Crippen LogP contribution is -2.27. The number of aromatic amines is 1. The summed E-state index contributed by atoms with van der Waals surface area (Å²) in [6, 6.07) is 12.2. The highest BCUT2D eigenvalue weighted by molar-refractivity contribution is 5.83. The number of fused-ring (bicyclic) bond motifs is 1. The first-order valence-corrected chi connectivity index (χ1v) is 7.81. The van der Waals surface area contributed by atoms with Gasteiger partial charge in [0.05, 0.1) is 13.5 Å². The summed E-state index contributed by atoms with van der Waals surface area (Å²) >= 11 is 0. The highest BCUT2D eigenvalue weighted by Gasteiger charge is 2.10. The fourth-order valence-corrected chi connectivity index (χ4v) is 2.80. The lowest BCUT2D eigenvalue weighted by molar-refractivity contribution is -0.120. The smallest absolute Gasteiger partial charge is 0.224 e. The molecule has 124 valence electrons. The van der Waals surface area contributed by atoms with Crippen molar-refractivity contribution in [3.63, 3.8) is 0 Å². The van der Waals surface area contributed by atoms with E-state index in [2.05, 4.69) is 16.4 Å². The third-order valence-corrected chi connectivity index (χ3v) is 3.98. The summed E-state index contributed by atoms with van der Waals surface area (Å²) in [6.45, 7) is 0.526. The van der Waals surface area contributed by atoms with E-state index in [0.717, 1.165) is 17.5 Å². The number of para-hydroxylation sites is 1. The third-order valence-electron chi connectivity index (χ3n) is 3.98. The van der Waals surface area contributed by atoms with Gasteiger partial charge in [-0.15, -0.1) is 0 Å². The predicted molar refractivity (Wildman–Crippen MR) is 91.7 cm³/mol. The van der Waals surface area contributed by atoms with E-state index in [9.17, 15) is 9.18 Å². The molecule has 0 fully saturated rings. The van der Waals surface area contributed by atoms with E-state index < -0.39 is 0 Å². The molecule has 0 atom stereocenters. The molecule has 0 aliphatic heterocycles. The topological polar surface area (TPSA) is 54.1 Å². The van der Waals surface area contributed by atoms with Crippen molar-refractivity contribution in [3.05, 3.63) is 65.6 Å². The number of carbonyl (C=O) groups excluding carboxylic acids is 1. The van der Waals surface area contributed by atoms with E-state index in [0.29, 0.717) is 17.9 Å². The number of amides is 1. The highest BCUT2D eigenvalue weighted by atomic mass is 19.1. The van der Waals surface area contributed by atoms with Crippen molar-refractivity contribution >= 4 is 16.8 Å². The summed E-state index contributed by atoms with van der Waals surface area (Å²) in [5.74, 6) is -0.0145. The Morgan fingerprint density at radius 3 is 2.88 bits per heavy atom. The fourth-order valence-electron chi connectivity index (χ4n) is 2.80. The molecule has 1 heterocycles. The second kappa shape index (κ2) is 7.17. The minimum absolute atomic E-state index is 0.0921. The van der Waals surface area contributed by atoms with Gasteiger partial charge >= 0.3 is 0 Å². The van der Waals surface area contributed by atoms with Crippen molar-refractivity contribution in [1.82, 2.24) is 10.3 Å². The fraction of sp³-hybridized carbons (Fsp3) is 0.211. The van der Waals surface area contributed by atoms with Crippen LogP contribution in [-0.4, -0.2) is 24.5 Å². The van der Waals surface area contributed by atoms with Crippen molar-refractivity contribution < 1.29 is 13.9 Å². The van der Waals surface area contributed by atoms with Crippen LogP contribution >= 0.6 is 0 Å². The second-order valence-electron chi connectivity index (χ2n) is 5.59. The average Bonchev–Trinajstić information content (AvgIpc) is 2.98. The molecule has 3 rings (SSSR count). The largest absolute Gasteiger partial charge is 0.496 e. The number of nitrogens with one attached hydrogen (secondary N) is 2. The Hall–Kier alpha value is -2.82. The monoisotopic (exact) mass is 326 g/mol. The van der Waals surface area contributed by atoms with E-state index in [1.54, 1.807) is 0 Å². The molecule has 5 heteroatoms. The van der Waals surface area contributed by atoms with Crippen LogP contribution in [0.3, 0.4) is 0 Å². The van der Waals surface area contributed by atoms with Gasteiger partial charge in [0, 0.05) is 29.2 Å². The standard InChI is InChI=1S/C19H19FN2O2/c1-24-18-7-6-15(20)10-14(18)11-19(23)21-9-8-13-12-22-17-5-3-2-4-16(13)17/h2-7,10,12,22H,8-9,11H2,1H3,(H,21,23). The Labute approximate surface area is 139 Å². The number of halogens is 1. The summed E-state index contributed by atoms with van der Waals surface area (Å²) < 4.78 is 18.5. The van der Waals surface area contributed by atoms with Gasteiger partial charge in [-0.1, -0.05) is 18.2 Å². The molecule has 2 aromatic carbocycles. The van der Waals surface area contributed by atoms with Gasteiger partial charge in [0.15, 0.2) is 0 Å². The Balaban J connectivity index is 1.57. The van der Waals surface area contributed by atoms with Crippen LogP contribution < -0.4 is 10.1 Å². The van der Waals surface area contributed by atoms with E-state index in [1.807, 2.05) is 24.4 Å². The van der Waals surface area contributed by atoms with Crippen LogP contribution in [0.25, 0.3) is 10.9 Å². The molecule has 0 unspecified atom stereocenters. The number of hydrogen-bond acceptors (Lipinski definition) is 2. The minimum Gasteiger partial charge on any atom is -0.496 e. The first-order chi connectivity index (χ1) is 11.7. The zero-order valence-electron chi connectivity index (χ0n) is 13.4. The van der Waals surface area contributed by atoms with Gasteiger partial charge in [0.1, 0.15) is 11.6 Å². The van der Waals surface area contributed by atoms with E-state index in [1.165, 1.54) is 30.7 Å². The van der Waals surface area contributed by atoms with Crippen LogP contribution in [0.4, 0.5) is 4.39 Å². The number of aromatic nitrogens is 1. The van der Waals surface area contributed by atoms with Crippen molar-refractivity contribution in [3.8, 4) is 5.75 Å². The molecule has 0 aliphatic rings. The average molecular weight is 326 g/mol. The molecule has 4 nitrogen and oxygen atoms in total. The van der Waals surface area contributed by atoms with Gasteiger partial charge in [-0.2, -0.15) is 0 Å². The molecule has 2 N–H and O–H groups in total. The van der Waals surface area contributed by atoms with Crippen LogP contribution in [0, 0.1) is 5.82 Å². The number of methoxy groups -OCH3 is 1. The molecule has 0 spiro atoms. The van der Waals surface area contributed by atoms with Crippen molar-refractivity contribution in [2.75, 3.05) is 13.7 Å². The lowest BCUT2D eigenvalue weighted by Gasteiger charge is -2.09. The maximum Gasteiger partial charge on any atom is 0.224 e. The van der Waals surface area contributed by atoms with E-state index in [-0.39, 0.29) is 18.1 Å². The number of carbonyl (C=O) groups is 1. The Kier molecular flexibility index (Phi) is 4.79. The Morgan fingerprint density at radius 2 is 2.04 bits per heavy atom. The van der Waals surface area contributed by atoms with Gasteiger partial charge in [-0.3, -0.25) is 4.79 Å². The summed E-state index contributed by atoms with van der Waals surface area (Å²) in [5, 5.41) is 4.04. The molecule has 1 amide bonds. The zero-order valence-corrected chi connectivity index (χ0v) is 13.4. The predicted octanol–water partition coefficient (Wildman–Crippen LogP) is 3.22. The third kappa shape index (κ3) is 3.56. The molecule has 0 bridgehead atoms. The Morgan fingerprint density at radius 1 is 1.21 bits per heavy atom. The zero-order chi connectivity index (χ0) is 16.9. The quantitative estimate of drug-likeness (QED) is 0.731. The molecule has 24 heavy (non-hydrogen) atoms. The minimum atomic E-state index is -0.377. The molecule has 0 saturated heterocycles. The number of hydrogen-bond donors (Lipinski definition) is 2. The summed E-state index contributed by atoms with van der Waals surface area (Å²) in [4.78, 5) is 15.3. The molecule has 3 aromatic rings. The number of rotatable bonds is 6. The number of ether oxygens (including phenoxy) is 1. The second-order valence-corrected chi connectivity index (χ2v) is 5.59. The summed E-state index contributed by atoms with van der Waals surface area (Å²) in [5.41, 5.74) is 2.79. The number of benzene rings is 2. The molecule has 0 saturated carbocycles. The highest BCUT2D eigenvalue weighted by Crippen LogP contribution is 2.20. The van der Waals surface area contributed by atoms with Crippen molar-refractivity contribution in [2.45, 2.75) is 12.8 Å². The Bertz CT molecular complexity index is 857. The summed E-state index contributed by atoms with van der Waals surface area (Å²) in [7, 11) is 1.51. The maximum absolute atomic E-state index is 13.3. The lowest BCUT2D eigenvalue weighted by atomic mass is 10.1. The first-order valence-electron chi connectivity index (χ1n) is 7.81. The number of H-pyrrole nitrogens is 1. The molecular weight excluding hydrogens is 307 g/mol. The molecular formula is C19H19FN2O2. The normalized spacial score (nSPS) is 10.8. The first kappa shape index (κ1) is 16.1. The van der Waals surface area contributed by atoms with Gasteiger partial charge in [-0.25, -0.2) is 4.39 Å². The van der Waals surface area contributed by atoms with Crippen LogP contribution in [0.5, 0.6) is 5.75 Å². The van der Waals surface area contributed by atoms with Crippen LogP contribution in [-0.2, 0) is 17.6 Å². The SMILES string of the molecule is COc1ccc(F)cc1CC(=O)NCCc1c[nH]c2ccccc12. The maximum atomic E-state index is 13.3. The summed E-state index contributed by atoms with van der Waals surface area (Å²) in [6.07, 6.45) is 2.79. The molecule has 0 aliphatic carbocycles. The van der Waals surface area contributed by atoms with Crippen LogP contribution in [0.1, 0.15) is 11.1 Å². The van der Waals surface area contributed by atoms with Crippen LogP contribution in [0.15, 0.2) is 48.7 Å². The van der Waals surface area contributed by atoms with Crippen molar-refractivity contribution in [2.24, 2.45) is 0 Å². The molecule has 0 radical (unpaired) electrons.